The Morgan fingerprint density at radius 1 is 1.65 bits per heavy atom. The molecule has 0 radical (unpaired) electrons. The number of fused-ring (bicyclic) bond motifs is 1. The van der Waals surface area contributed by atoms with Gasteiger partial charge in [-0.1, -0.05) is 11.6 Å². The van der Waals surface area contributed by atoms with Gasteiger partial charge in [0.15, 0.2) is 5.69 Å². The number of nitrogens with zero attached hydrogens (tertiary/aromatic N) is 3. The van der Waals surface area contributed by atoms with E-state index >= 15 is 0 Å². The zero-order valence-electron chi connectivity index (χ0n) is 10.2. The van der Waals surface area contributed by atoms with Crippen molar-refractivity contribution in [3.63, 3.8) is 0 Å². The largest absolute Gasteiger partial charge is 0.341 e. The molecule has 0 atom stereocenters. The molecule has 17 heavy (non-hydrogen) atoms. The van der Waals surface area contributed by atoms with Crippen molar-refractivity contribution in [2.24, 2.45) is 0 Å². The van der Waals surface area contributed by atoms with Crippen LogP contribution in [0.25, 0.3) is 0 Å². The van der Waals surface area contributed by atoms with E-state index < -0.39 is 0 Å². The molecule has 0 saturated heterocycles. The second-order valence-corrected chi connectivity index (χ2v) is 4.56. The summed E-state index contributed by atoms with van der Waals surface area (Å²) in [6.07, 6.45) is 1.00. The third-order valence-electron chi connectivity index (χ3n) is 3.03. The third kappa shape index (κ3) is 2.30. The summed E-state index contributed by atoms with van der Waals surface area (Å²) >= 11 is 6.24. The Morgan fingerprint density at radius 2 is 2.41 bits per heavy atom. The molecule has 2 heterocycles. The normalized spacial score (nSPS) is 15.2. The quantitative estimate of drug-likeness (QED) is 0.863. The number of aromatic nitrogens is 2. The highest BCUT2D eigenvalue weighted by Crippen LogP contribution is 2.23. The van der Waals surface area contributed by atoms with E-state index in [1.54, 1.807) is 11.9 Å². The maximum absolute atomic E-state index is 12.0. The van der Waals surface area contributed by atoms with Crippen molar-refractivity contribution in [3.8, 4) is 0 Å². The molecule has 0 aromatic carbocycles. The van der Waals surface area contributed by atoms with Crippen LogP contribution in [-0.4, -0.2) is 40.7 Å². The Labute approximate surface area is 106 Å². The van der Waals surface area contributed by atoms with Crippen molar-refractivity contribution in [3.05, 3.63) is 16.4 Å². The summed E-state index contributed by atoms with van der Waals surface area (Å²) in [6, 6.07) is 0. The fourth-order valence-corrected chi connectivity index (χ4v) is 2.13. The van der Waals surface area contributed by atoms with Crippen LogP contribution < -0.4 is 5.32 Å². The summed E-state index contributed by atoms with van der Waals surface area (Å²) in [4.78, 5) is 13.7. The summed E-state index contributed by atoms with van der Waals surface area (Å²) < 4.78 is 1.85. The van der Waals surface area contributed by atoms with Crippen molar-refractivity contribution in [2.45, 2.75) is 26.4 Å². The van der Waals surface area contributed by atoms with Gasteiger partial charge in [0.25, 0.3) is 5.91 Å². The highest BCUT2D eigenvalue weighted by molar-refractivity contribution is 6.34. The Morgan fingerprint density at radius 3 is 3.12 bits per heavy atom. The standard InChI is InChI=1S/C11H17ClN4O/c1-3-15(2)11(17)10-9(12)8-7-13-5-4-6-16(8)14-10/h13H,3-7H2,1-2H3. The topological polar surface area (TPSA) is 50.2 Å². The predicted molar refractivity (Wildman–Crippen MR) is 66.2 cm³/mol. The van der Waals surface area contributed by atoms with Gasteiger partial charge in [0.05, 0.1) is 10.7 Å². The molecule has 0 unspecified atom stereocenters. The van der Waals surface area contributed by atoms with Gasteiger partial charge in [0.2, 0.25) is 0 Å². The number of nitrogens with one attached hydrogen (secondary N) is 1. The van der Waals surface area contributed by atoms with E-state index in [2.05, 4.69) is 10.4 Å². The van der Waals surface area contributed by atoms with E-state index in [9.17, 15) is 4.79 Å². The molecule has 1 amide bonds. The molecule has 2 rings (SSSR count). The Hall–Kier alpha value is -1.07. The molecule has 1 aromatic heterocycles. The average Bonchev–Trinajstić information content (AvgIpc) is 2.55. The molecule has 94 valence electrons. The van der Waals surface area contributed by atoms with E-state index in [0.29, 0.717) is 23.8 Å². The van der Waals surface area contributed by atoms with Crippen LogP contribution in [0.5, 0.6) is 0 Å². The van der Waals surface area contributed by atoms with Gasteiger partial charge in [-0.25, -0.2) is 0 Å². The summed E-state index contributed by atoms with van der Waals surface area (Å²) in [6.45, 7) is 5.02. The molecular formula is C11H17ClN4O. The number of carbonyl (C=O) groups excluding carboxylic acids is 1. The zero-order chi connectivity index (χ0) is 12.4. The van der Waals surface area contributed by atoms with Crippen LogP contribution >= 0.6 is 11.6 Å². The minimum atomic E-state index is -0.113. The molecule has 1 aliphatic heterocycles. The monoisotopic (exact) mass is 256 g/mol. The molecule has 0 spiro atoms. The lowest BCUT2D eigenvalue weighted by atomic mass is 10.3. The number of carbonyl (C=O) groups is 1. The van der Waals surface area contributed by atoms with Gasteiger partial charge in [0.1, 0.15) is 0 Å². The van der Waals surface area contributed by atoms with E-state index in [1.165, 1.54) is 0 Å². The average molecular weight is 257 g/mol. The van der Waals surface area contributed by atoms with Crippen molar-refractivity contribution in [2.75, 3.05) is 20.1 Å². The minimum absolute atomic E-state index is 0.113. The first-order valence-corrected chi connectivity index (χ1v) is 6.24. The zero-order valence-corrected chi connectivity index (χ0v) is 10.9. The van der Waals surface area contributed by atoms with Gasteiger partial charge in [-0.2, -0.15) is 5.10 Å². The Balaban J connectivity index is 2.34. The second kappa shape index (κ2) is 5.06. The molecule has 1 aliphatic rings. The van der Waals surface area contributed by atoms with Crippen LogP contribution in [0.15, 0.2) is 0 Å². The number of halogens is 1. The van der Waals surface area contributed by atoms with E-state index in [4.69, 9.17) is 11.6 Å². The van der Waals surface area contributed by atoms with Gasteiger partial charge in [-0.3, -0.25) is 9.48 Å². The lowest BCUT2D eigenvalue weighted by Crippen LogP contribution is -2.27. The van der Waals surface area contributed by atoms with Gasteiger partial charge >= 0.3 is 0 Å². The molecule has 5 nitrogen and oxygen atoms in total. The molecule has 0 aliphatic carbocycles. The van der Waals surface area contributed by atoms with Crippen molar-refractivity contribution in [1.82, 2.24) is 20.0 Å². The fourth-order valence-electron chi connectivity index (χ4n) is 1.85. The minimum Gasteiger partial charge on any atom is -0.341 e. The fraction of sp³-hybridized carbons (Fsp3) is 0.636. The molecule has 0 fully saturated rings. The van der Waals surface area contributed by atoms with Gasteiger partial charge in [-0.05, 0) is 19.9 Å². The van der Waals surface area contributed by atoms with Gasteiger partial charge in [0, 0.05) is 26.7 Å². The number of amides is 1. The van der Waals surface area contributed by atoms with Crippen LogP contribution in [0, 0.1) is 0 Å². The SMILES string of the molecule is CCN(C)C(=O)c1nn2c(c1Cl)CNCCC2. The number of rotatable bonds is 2. The first-order chi connectivity index (χ1) is 8.15. The molecule has 6 heteroatoms. The summed E-state index contributed by atoms with van der Waals surface area (Å²) in [5.74, 6) is -0.113. The molecular weight excluding hydrogens is 240 g/mol. The Kier molecular flexibility index (Phi) is 3.69. The number of hydrogen-bond acceptors (Lipinski definition) is 3. The van der Waals surface area contributed by atoms with E-state index in [0.717, 1.165) is 25.2 Å². The molecule has 0 bridgehead atoms. The van der Waals surface area contributed by atoms with Crippen LogP contribution in [-0.2, 0) is 13.1 Å². The van der Waals surface area contributed by atoms with Crippen LogP contribution in [0.4, 0.5) is 0 Å². The van der Waals surface area contributed by atoms with Crippen LogP contribution in [0.2, 0.25) is 5.02 Å². The maximum atomic E-state index is 12.0. The first-order valence-electron chi connectivity index (χ1n) is 5.86. The smallest absolute Gasteiger partial charge is 0.275 e. The summed E-state index contributed by atoms with van der Waals surface area (Å²) in [5.41, 5.74) is 1.28. The van der Waals surface area contributed by atoms with Crippen molar-refractivity contribution in [1.29, 1.82) is 0 Å². The molecule has 0 saturated carbocycles. The number of hydrogen-bond donors (Lipinski definition) is 1. The highest BCUT2D eigenvalue weighted by Gasteiger charge is 2.24. The second-order valence-electron chi connectivity index (χ2n) is 4.18. The lowest BCUT2D eigenvalue weighted by molar-refractivity contribution is 0.0796. The molecule has 1 aromatic rings. The Bertz CT molecular complexity index is 429. The first kappa shape index (κ1) is 12.4. The lowest BCUT2D eigenvalue weighted by Gasteiger charge is -2.12. The van der Waals surface area contributed by atoms with E-state index in [-0.39, 0.29) is 5.91 Å². The predicted octanol–water partition coefficient (Wildman–Crippen LogP) is 1.12. The highest BCUT2D eigenvalue weighted by atomic mass is 35.5. The van der Waals surface area contributed by atoms with Crippen molar-refractivity contribution >= 4 is 17.5 Å². The van der Waals surface area contributed by atoms with Crippen LogP contribution in [0.3, 0.4) is 0 Å². The maximum Gasteiger partial charge on any atom is 0.275 e. The van der Waals surface area contributed by atoms with E-state index in [1.807, 2.05) is 11.6 Å². The third-order valence-corrected chi connectivity index (χ3v) is 3.43. The molecule has 1 N–H and O–H groups in total. The van der Waals surface area contributed by atoms with Gasteiger partial charge in [-0.15, -0.1) is 0 Å². The van der Waals surface area contributed by atoms with Gasteiger partial charge < -0.3 is 10.2 Å². The van der Waals surface area contributed by atoms with Crippen molar-refractivity contribution < 1.29 is 4.79 Å². The summed E-state index contributed by atoms with van der Waals surface area (Å²) in [5, 5.41) is 8.09. The van der Waals surface area contributed by atoms with Crippen LogP contribution in [0.1, 0.15) is 29.5 Å². The number of aryl methyl sites for hydroxylation is 1. The summed E-state index contributed by atoms with van der Waals surface area (Å²) in [7, 11) is 1.75.